The first kappa shape index (κ1) is 15.8. The van der Waals surface area contributed by atoms with Crippen LogP contribution in [0.2, 0.25) is 5.02 Å². The number of nitrogens with two attached hydrogens (primary N) is 1. The second-order valence-corrected chi connectivity index (χ2v) is 6.90. The van der Waals surface area contributed by atoms with E-state index in [1.807, 2.05) is 0 Å². The van der Waals surface area contributed by atoms with E-state index in [4.69, 9.17) is 29.6 Å². The van der Waals surface area contributed by atoms with Crippen molar-refractivity contribution in [3.8, 4) is 0 Å². The zero-order valence-electron chi connectivity index (χ0n) is 11.1. The normalized spacial score (nSPS) is 11.1. The third-order valence-corrected chi connectivity index (χ3v) is 4.84. The Hall–Kier alpha value is -1.63. The number of hydrogen-bond donors (Lipinski definition) is 2. The highest BCUT2D eigenvalue weighted by atomic mass is 35.5. The molecule has 0 unspecified atom stereocenters. The van der Waals surface area contributed by atoms with Gasteiger partial charge in [0.1, 0.15) is 4.99 Å². The van der Waals surface area contributed by atoms with Crippen molar-refractivity contribution in [3.63, 3.8) is 0 Å². The van der Waals surface area contributed by atoms with E-state index in [0.717, 1.165) is 5.56 Å². The van der Waals surface area contributed by atoms with E-state index in [2.05, 4.69) is 4.72 Å². The monoisotopic (exact) mass is 340 g/mol. The number of sulfonamides is 1. The minimum absolute atomic E-state index is 0.0202. The third-order valence-electron chi connectivity index (χ3n) is 2.90. The molecule has 0 saturated carbocycles. The molecular weight excluding hydrogens is 328 g/mol. The van der Waals surface area contributed by atoms with Gasteiger partial charge in [0.25, 0.3) is 10.0 Å². The summed E-state index contributed by atoms with van der Waals surface area (Å²) in [4.78, 5) is 0.0451. The van der Waals surface area contributed by atoms with Gasteiger partial charge in [-0.1, -0.05) is 54.2 Å². The summed E-state index contributed by atoms with van der Waals surface area (Å²) in [6.07, 6.45) is 0. The van der Waals surface area contributed by atoms with Gasteiger partial charge in [0.15, 0.2) is 0 Å². The fourth-order valence-electron chi connectivity index (χ4n) is 1.86. The lowest BCUT2D eigenvalue weighted by atomic mass is 10.2. The average molecular weight is 341 g/mol. The van der Waals surface area contributed by atoms with E-state index < -0.39 is 10.0 Å². The molecule has 0 heterocycles. The predicted molar refractivity (Wildman–Crippen MR) is 89.3 cm³/mol. The number of rotatable bonds is 4. The maximum Gasteiger partial charge on any atom is 0.262 e. The van der Waals surface area contributed by atoms with Crippen molar-refractivity contribution in [2.45, 2.75) is 11.8 Å². The molecule has 21 heavy (non-hydrogen) atoms. The average Bonchev–Trinajstić information content (AvgIpc) is 2.43. The largest absolute Gasteiger partial charge is 0.389 e. The number of nitrogens with one attached hydrogen (secondary N) is 1. The smallest absolute Gasteiger partial charge is 0.262 e. The van der Waals surface area contributed by atoms with Crippen molar-refractivity contribution in [3.05, 3.63) is 58.6 Å². The Labute approximate surface area is 134 Å². The summed E-state index contributed by atoms with van der Waals surface area (Å²) in [6.45, 7) is 1.77. The van der Waals surface area contributed by atoms with Crippen LogP contribution >= 0.6 is 23.8 Å². The number of thiocarbonyl (C=S) groups is 1. The SMILES string of the molecule is Cc1cccc(Cl)c1NS(=O)(=O)c1ccccc1C(N)=S. The van der Waals surface area contributed by atoms with Crippen molar-refractivity contribution in [1.82, 2.24) is 0 Å². The number of para-hydroxylation sites is 1. The van der Waals surface area contributed by atoms with Gasteiger partial charge >= 0.3 is 0 Å². The van der Waals surface area contributed by atoms with Crippen LogP contribution in [0.1, 0.15) is 11.1 Å². The molecule has 0 aliphatic heterocycles. The molecule has 110 valence electrons. The molecule has 7 heteroatoms. The highest BCUT2D eigenvalue weighted by Gasteiger charge is 2.21. The molecule has 0 fully saturated rings. The molecule has 0 aromatic heterocycles. The second-order valence-electron chi connectivity index (χ2n) is 4.40. The Morgan fingerprint density at radius 3 is 2.48 bits per heavy atom. The van der Waals surface area contributed by atoms with Crippen molar-refractivity contribution >= 4 is 44.5 Å². The maximum absolute atomic E-state index is 12.5. The lowest BCUT2D eigenvalue weighted by Gasteiger charge is -2.14. The summed E-state index contributed by atoms with van der Waals surface area (Å²) in [6, 6.07) is 11.4. The Bertz CT molecular complexity index is 784. The minimum Gasteiger partial charge on any atom is -0.389 e. The first-order chi connectivity index (χ1) is 9.83. The van der Waals surface area contributed by atoms with Gasteiger partial charge in [-0.25, -0.2) is 8.42 Å². The van der Waals surface area contributed by atoms with Crippen LogP contribution in [-0.2, 0) is 10.0 Å². The Kier molecular flexibility index (Phi) is 4.51. The standard InChI is InChI=1S/C14H13ClN2O2S2/c1-9-5-4-7-11(15)13(9)17-21(18,19)12-8-3-2-6-10(12)14(16)20/h2-8,17H,1H3,(H2,16,20). The van der Waals surface area contributed by atoms with Gasteiger partial charge in [-0.3, -0.25) is 4.72 Å². The molecule has 0 saturated heterocycles. The van der Waals surface area contributed by atoms with Gasteiger partial charge in [0.05, 0.1) is 15.6 Å². The van der Waals surface area contributed by atoms with Crippen LogP contribution in [0.3, 0.4) is 0 Å². The number of benzene rings is 2. The van der Waals surface area contributed by atoms with Crippen molar-refractivity contribution in [1.29, 1.82) is 0 Å². The van der Waals surface area contributed by atoms with E-state index >= 15 is 0 Å². The molecule has 2 aromatic rings. The summed E-state index contributed by atoms with van der Waals surface area (Å²) < 4.78 is 27.6. The van der Waals surface area contributed by atoms with Gasteiger partial charge in [-0.15, -0.1) is 0 Å². The fraction of sp³-hybridized carbons (Fsp3) is 0.0714. The van der Waals surface area contributed by atoms with Crippen LogP contribution in [0, 0.1) is 6.92 Å². The Balaban J connectivity index is 2.52. The number of aryl methyl sites for hydroxylation is 1. The highest BCUT2D eigenvalue weighted by molar-refractivity contribution is 7.93. The molecule has 4 nitrogen and oxygen atoms in total. The molecule has 0 aliphatic carbocycles. The number of hydrogen-bond acceptors (Lipinski definition) is 3. The van der Waals surface area contributed by atoms with E-state index in [1.54, 1.807) is 43.3 Å². The highest BCUT2D eigenvalue weighted by Crippen LogP contribution is 2.28. The number of anilines is 1. The topological polar surface area (TPSA) is 72.2 Å². The van der Waals surface area contributed by atoms with Crippen LogP contribution in [0.5, 0.6) is 0 Å². The van der Waals surface area contributed by atoms with Crippen molar-refractivity contribution in [2.75, 3.05) is 4.72 Å². The molecule has 0 amide bonds. The van der Waals surface area contributed by atoms with Gasteiger partial charge in [0.2, 0.25) is 0 Å². The molecular formula is C14H13ClN2O2S2. The zero-order valence-corrected chi connectivity index (χ0v) is 13.5. The van der Waals surface area contributed by atoms with Gasteiger partial charge in [0, 0.05) is 5.56 Å². The first-order valence-electron chi connectivity index (χ1n) is 5.99. The molecule has 2 rings (SSSR count). The second kappa shape index (κ2) is 6.01. The molecule has 3 N–H and O–H groups in total. The van der Waals surface area contributed by atoms with Gasteiger partial charge < -0.3 is 5.73 Å². The van der Waals surface area contributed by atoms with Crippen LogP contribution in [-0.4, -0.2) is 13.4 Å². The Morgan fingerprint density at radius 2 is 1.86 bits per heavy atom. The van der Waals surface area contributed by atoms with Crippen molar-refractivity contribution in [2.24, 2.45) is 5.73 Å². The van der Waals surface area contributed by atoms with E-state index in [-0.39, 0.29) is 9.88 Å². The fourth-order valence-corrected chi connectivity index (χ4v) is 3.80. The van der Waals surface area contributed by atoms with E-state index in [1.165, 1.54) is 6.07 Å². The van der Waals surface area contributed by atoms with Crippen LogP contribution in [0.4, 0.5) is 5.69 Å². The Morgan fingerprint density at radius 1 is 1.19 bits per heavy atom. The summed E-state index contributed by atoms with van der Waals surface area (Å²) >= 11 is 10.9. The lowest BCUT2D eigenvalue weighted by Crippen LogP contribution is -2.20. The van der Waals surface area contributed by atoms with Gasteiger partial charge in [-0.05, 0) is 24.6 Å². The number of halogens is 1. The summed E-state index contributed by atoms with van der Waals surface area (Å²) in [5.74, 6) is 0. The van der Waals surface area contributed by atoms with Crippen LogP contribution < -0.4 is 10.5 Å². The zero-order chi connectivity index (χ0) is 15.6. The molecule has 0 spiro atoms. The maximum atomic E-state index is 12.5. The predicted octanol–water partition coefficient (Wildman–Crippen LogP) is 3.08. The van der Waals surface area contributed by atoms with Gasteiger partial charge in [-0.2, -0.15) is 0 Å². The summed E-state index contributed by atoms with van der Waals surface area (Å²) in [5, 5.41) is 0.325. The van der Waals surface area contributed by atoms with Crippen LogP contribution in [0.15, 0.2) is 47.4 Å². The minimum atomic E-state index is -3.84. The first-order valence-corrected chi connectivity index (χ1v) is 8.26. The molecule has 0 atom stereocenters. The summed E-state index contributed by atoms with van der Waals surface area (Å²) in [7, 11) is -3.84. The van der Waals surface area contributed by atoms with E-state index in [9.17, 15) is 8.42 Å². The molecule has 0 radical (unpaired) electrons. The molecule has 0 aliphatic rings. The molecule has 2 aromatic carbocycles. The summed E-state index contributed by atoms with van der Waals surface area (Å²) in [5.41, 5.74) is 6.94. The van der Waals surface area contributed by atoms with E-state index in [0.29, 0.717) is 16.3 Å². The van der Waals surface area contributed by atoms with Crippen LogP contribution in [0.25, 0.3) is 0 Å². The molecule has 0 bridgehead atoms. The lowest BCUT2D eigenvalue weighted by molar-refractivity contribution is 0.601. The van der Waals surface area contributed by atoms with Crippen molar-refractivity contribution < 1.29 is 8.42 Å². The quantitative estimate of drug-likeness (QED) is 0.839. The third kappa shape index (κ3) is 3.34.